The highest BCUT2D eigenvalue weighted by Gasteiger charge is 2.16. The molecule has 120 valence electrons. The van der Waals surface area contributed by atoms with Crippen molar-refractivity contribution < 1.29 is 23.8 Å². The van der Waals surface area contributed by atoms with Gasteiger partial charge in [-0.2, -0.15) is 0 Å². The highest BCUT2D eigenvalue weighted by atomic mass is 16.5. The van der Waals surface area contributed by atoms with E-state index in [4.69, 9.17) is 9.47 Å². The Balaban J connectivity index is 2.21. The van der Waals surface area contributed by atoms with E-state index in [-0.39, 0.29) is 5.91 Å². The maximum atomic E-state index is 12.4. The third-order valence-electron chi connectivity index (χ3n) is 3.21. The molecule has 0 aliphatic carbocycles. The van der Waals surface area contributed by atoms with Crippen molar-refractivity contribution in [1.29, 1.82) is 0 Å². The average molecular weight is 315 g/mol. The maximum Gasteiger partial charge on any atom is 0.337 e. The fourth-order valence-electron chi connectivity index (χ4n) is 2.07. The van der Waals surface area contributed by atoms with Gasteiger partial charge in [0.25, 0.3) is 5.91 Å². The van der Waals surface area contributed by atoms with Gasteiger partial charge in [0.1, 0.15) is 0 Å². The van der Waals surface area contributed by atoms with E-state index in [1.54, 1.807) is 42.5 Å². The van der Waals surface area contributed by atoms with E-state index >= 15 is 0 Å². The first kappa shape index (κ1) is 16.4. The van der Waals surface area contributed by atoms with Crippen LogP contribution in [0.2, 0.25) is 0 Å². The van der Waals surface area contributed by atoms with Gasteiger partial charge >= 0.3 is 5.97 Å². The number of carbonyl (C=O) groups is 2. The molecular formula is C17H17NO5. The number of rotatable bonds is 5. The lowest BCUT2D eigenvalue weighted by Gasteiger charge is -2.12. The van der Waals surface area contributed by atoms with Crippen LogP contribution in [-0.2, 0) is 4.74 Å². The summed E-state index contributed by atoms with van der Waals surface area (Å²) in [6, 6.07) is 11.4. The molecule has 6 heteroatoms. The van der Waals surface area contributed by atoms with Gasteiger partial charge in [0.2, 0.25) is 0 Å². The van der Waals surface area contributed by atoms with E-state index in [1.807, 2.05) is 0 Å². The monoisotopic (exact) mass is 315 g/mol. The van der Waals surface area contributed by atoms with Crippen molar-refractivity contribution in [2.45, 2.75) is 0 Å². The molecule has 0 spiro atoms. The van der Waals surface area contributed by atoms with Crippen LogP contribution in [0, 0.1) is 0 Å². The van der Waals surface area contributed by atoms with Gasteiger partial charge in [-0.25, -0.2) is 4.79 Å². The zero-order chi connectivity index (χ0) is 16.8. The first-order valence-electron chi connectivity index (χ1n) is 6.81. The fraction of sp³-hybridized carbons (Fsp3) is 0.176. The Hall–Kier alpha value is -3.02. The van der Waals surface area contributed by atoms with Crippen LogP contribution >= 0.6 is 0 Å². The molecule has 0 fully saturated rings. The molecule has 0 heterocycles. The van der Waals surface area contributed by atoms with Gasteiger partial charge in [-0.1, -0.05) is 6.07 Å². The van der Waals surface area contributed by atoms with Crippen molar-refractivity contribution in [1.82, 2.24) is 0 Å². The second-order valence-electron chi connectivity index (χ2n) is 4.56. The van der Waals surface area contributed by atoms with E-state index in [0.717, 1.165) is 0 Å². The second kappa shape index (κ2) is 7.31. The molecule has 0 aliphatic heterocycles. The number of methoxy groups -OCH3 is 3. The van der Waals surface area contributed by atoms with Gasteiger partial charge in [0.15, 0.2) is 11.5 Å². The highest BCUT2D eigenvalue weighted by molar-refractivity contribution is 6.06. The van der Waals surface area contributed by atoms with Crippen LogP contribution in [0.15, 0.2) is 42.5 Å². The highest BCUT2D eigenvalue weighted by Crippen LogP contribution is 2.31. The summed E-state index contributed by atoms with van der Waals surface area (Å²) < 4.78 is 15.0. The molecule has 2 aromatic carbocycles. The Labute approximate surface area is 134 Å². The molecule has 0 bridgehead atoms. The van der Waals surface area contributed by atoms with Gasteiger partial charge in [-0.15, -0.1) is 0 Å². The summed E-state index contributed by atoms with van der Waals surface area (Å²) >= 11 is 0. The number of benzene rings is 2. The minimum atomic E-state index is -0.433. The Morgan fingerprint density at radius 3 is 2.17 bits per heavy atom. The van der Waals surface area contributed by atoms with Crippen molar-refractivity contribution >= 4 is 17.6 Å². The normalized spacial score (nSPS) is 9.87. The van der Waals surface area contributed by atoms with Crippen LogP contribution in [0.4, 0.5) is 5.69 Å². The Kier molecular flexibility index (Phi) is 5.19. The molecule has 0 aromatic heterocycles. The van der Waals surface area contributed by atoms with Gasteiger partial charge in [0.05, 0.1) is 32.5 Å². The lowest BCUT2D eigenvalue weighted by molar-refractivity contribution is 0.0600. The first-order chi connectivity index (χ1) is 11.1. The molecule has 6 nitrogen and oxygen atoms in total. The molecule has 0 saturated carbocycles. The number of carbonyl (C=O) groups excluding carboxylic acids is 2. The number of anilines is 1. The number of hydrogen-bond acceptors (Lipinski definition) is 5. The number of para-hydroxylation sites is 1. The van der Waals surface area contributed by atoms with Crippen LogP contribution < -0.4 is 14.8 Å². The topological polar surface area (TPSA) is 73.9 Å². The zero-order valence-corrected chi connectivity index (χ0v) is 13.1. The lowest BCUT2D eigenvalue weighted by Crippen LogP contribution is -2.13. The number of amides is 1. The lowest BCUT2D eigenvalue weighted by atomic mass is 10.1. The summed E-state index contributed by atoms with van der Waals surface area (Å²) in [5, 5.41) is 2.74. The number of ether oxygens (including phenoxy) is 3. The molecule has 0 unspecified atom stereocenters. The van der Waals surface area contributed by atoms with E-state index in [2.05, 4.69) is 10.1 Å². The quantitative estimate of drug-likeness (QED) is 0.859. The molecule has 0 atom stereocenters. The molecule has 0 saturated heterocycles. The molecule has 23 heavy (non-hydrogen) atoms. The van der Waals surface area contributed by atoms with Crippen molar-refractivity contribution in [3.63, 3.8) is 0 Å². The van der Waals surface area contributed by atoms with Crippen molar-refractivity contribution in [2.24, 2.45) is 0 Å². The Bertz CT molecular complexity index is 709. The zero-order valence-electron chi connectivity index (χ0n) is 13.1. The SMILES string of the molecule is COC(=O)c1ccc(NC(=O)c2cccc(OC)c2OC)cc1. The van der Waals surface area contributed by atoms with Crippen LogP contribution in [0.5, 0.6) is 11.5 Å². The second-order valence-corrected chi connectivity index (χ2v) is 4.56. The largest absolute Gasteiger partial charge is 0.493 e. The molecule has 0 aliphatic rings. The predicted molar refractivity (Wildman–Crippen MR) is 85.3 cm³/mol. The van der Waals surface area contributed by atoms with Crippen molar-refractivity contribution in [3.05, 3.63) is 53.6 Å². The molecule has 1 N–H and O–H groups in total. The van der Waals surface area contributed by atoms with E-state index in [9.17, 15) is 9.59 Å². The third kappa shape index (κ3) is 3.60. The minimum absolute atomic E-state index is 0.341. The third-order valence-corrected chi connectivity index (χ3v) is 3.21. The predicted octanol–water partition coefficient (Wildman–Crippen LogP) is 2.74. The van der Waals surface area contributed by atoms with E-state index in [0.29, 0.717) is 28.3 Å². The summed E-state index contributed by atoms with van der Waals surface area (Å²) in [5.41, 5.74) is 1.31. The summed E-state index contributed by atoms with van der Waals surface area (Å²) in [6.45, 7) is 0. The van der Waals surface area contributed by atoms with Gasteiger partial charge in [-0.05, 0) is 36.4 Å². The Morgan fingerprint density at radius 1 is 0.913 bits per heavy atom. The first-order valence-corrected chi connectivity index (χ1v) is 6.81. The number of esters is 1. The van der Waals surface area contributed by atoms with Gasteiger partial charge in [0, 0.05) is 5.69 Å². The van der Waals surface area contributed by atoms with Crippen LogP contribution in [-0.4, -0.2) is 33.2 Å². The maximum absolute atomic E-state index is 12.4. The molecule has 1 amide bonds. The molecule has 2 aromatic rings. The van der Waals surface area contributed by atoms with Gasteiger partial charge < -0.3 is 19.5 Å². The number of nitrogens with one attached hydrogen (secondary N) is 1. The van der Waals surface area contributed by atoms with E-state index in [1.165, 1.54) is 21.3 Å². The summed E-state index contributed by atoms with van der Waals surface area (Å²) in [7, 11) is 4.29. The van der Waals surface area contributed by atoms with Crippen LogP contribution in [0.25, 0.3) is 0 Å². The minimum Gasteiger partial charge on any atom is -0.493 e. The van der Waals surface area contributed by atoms with Crippen molar-refractivity contribution in [2.75, 3.05) is 26.6 Å². The molecule has 2 rings (SSSR count). The van der Waals surface area contributed by atoms with Crippen molar-refractivity contribution in [3.8, 4) is 11.5 Å². The Morgan fingerprint density at radius 2 is 1.61 bits per heavy atom. The summed E-state index contributed by atoms with van der Waals surface area (Å²) in [4.78, 5) is 23.8. The molecular weight excluding hydrogens is 298 g/mol. The van der Waals surface area contributed by atoms with Gasteiger partial charge in [-0.3, -0.25) is 4.79 Å². The number of hydrogen-bond donors (Lipinski definition) is 1. The fourth-order valence-corrected chi connectivity index (χ4v) is 2.07. The average Bonchev–Trinajstić information content (AvgIpc) is 2.60. The standard InChI is InChI=1S/C17H17NO5/c1-21-14-6-4-5-13(15(14)22-2)16(19)18-12-9-7-11(8-10-12)17(20)23-3/h4-10H,1-3H3,(H,18,19). The van der Waals surface area contributed by atoms with Crippen LogP contribution in [0.1, 0.15) is 20.7 Å². The summed E-state index contributed by atoms with van der Waals surface area (Å²) in [5.74, 6) is 0.0591. The smallest absolute Gasteiger partial charge is 0.337 e. The van der Waals surface area contributed by atoms with Crippen LogP contribution in [0.3, 0.4) is 0 Å². The summed E-state index contributed by atoms with van der Waals surface area (Å²) in [6.07, 6.45) is 0. The van der Waals surface area contributed by atoms with E-state index < -0.39 is 5.97 Å². The molecule has 0 radical (unpaired) electrons.